The highest BCUT2D eigenvalue weighted by atomic mass is 16.6. The molecule has 0 aromatic heterocycles. The summed E-state index contributed by atoms with van der Waals surface area (Å²) in [5.41, 5.74) is 0.195. The number of benzene rings is 2. The lowest BCUT2D eigenvalue weighted by Gasteiger charge is -2.14. The van der Waals surface area contributed by atoms with E-state index in [1.54, 1.807) is 26.8 Å². The lowest BCUT2D eigenvalue weighted by atomic mass is 9.97. The van der Waals surface area contributed by atoms with Crippen molar-refractivity contribution in [2.24, 2.45) is 5.41 Å². The van der Waals surface area contributed by atoms with E-state index in [0.717, 1.165) is 16.3 Å². The molecule has 0 saturated heterocycles. The van der Waals surface area contributed by atoms with Crippen LogP contribution in [-0.4, -0.2) is 11.9 Å². The van der Waals surface area contributed by atoms with Crippen molar-refractivity contribution in [2.75, 3.05) is 0 Å². The summed E-state index contributed by atoms with van der Waals surface area (Å²) in [6, 6.07) is 13.9. The second-order valence-corrected chi connectivity index (χ2v) is 5.90. The normalized spacial score (nSPS) is 11.8. The van der Waals surface area contributed by atoms with Crippen LogP contribution in [0, 0.1) is 5.41 Å². The Labute approximate surface area is 124 Å². The third kappa shape index (κ3) is 4.02. The molecule has 2 rings (SSSR count). The summed E-state index contributed by atoms with van der Waals surface area (Å²) < 4.78 is 4.76. The van der Waals surface area contributed by atoms with Gasteiger partial charge in [0, 0.05) is 6.08 Å². The van der Waals surface area contributed by atoms with E-state index in [1.807, 2.05) is 42.5 Å². The number of rotatable bonds is 2. The number of ether oxygens (including phenoxy) is 1. The third-order valence-corrected chi connectivity index (χ3v) is 2.99. The molecule has 0 saturated carbocycles. The first-order valence-electron chi connectivity index (χ1n) is 6.79. The molecule has 0 heterocycles. The fourth-order valence-corrected chi connectivity index (χ4v) is 1.75. The summed E-state index contributed by atoms with van der Waals surface area (Å²) in [4.78, 5) is 23.2. The van der Waals surface area contributed by atoms with Gasteiger partial charge < -0.3 is 4.74 Å². The zero-order valence-electron chi connectivity index (χ0n) is 12.4. The Morgan fingerprint density at radius 2 is 1.67 bits per heavy atom. The topological polar surface area (TPSA) is 43.4 Å². The molecular weight excluding hydrogens is 264 g/mol. The van der Waals surface area contributed by atoms with Gasteiger partial charge >= 0.3 is 11.9 Å². The van der Waals surface area contributed by atoms with Crippen LogP contribution in [0.2, 0.25) is 0 Å². The van der Waals surface area contributed by atoms with Gasteiger partial charge in [-0.25, -0.2) is 4.79 Å². The zero-order chi connectivity index (χ0) is 15.5. The molecule has 0 radical (unpaired) electrons. The van der Waals surface area contributed by atoms with Crippen molar-refractivity contribution < 1.29 is 14.3 Å². The minimum Gasteiger partial charge on any atom is -0.389 e. The average molecular weight is 282 g/mol. The van der Waals surface area contributed by atoms with Gasteiger partial charge in [-0.05, 0) is 49.2 Å². The molecule has 0 fully saturated rings. The van der Waals surface area contributed by atoms with E-state index >= 15 is 0 Å². The largest absolute Gasteiger partial charge is 0.389 e. The van der Waals surface area contributed by atoms with Crippen LogP contribution >= 0.6 is 0 Å². The molecule has 0 N–H and O–H groups in total. The van der Waals surface area contributed by atoms with Crippen molar-refractivity contribution in [1.29, 1.82) is 0 Å². The highest BCUT2D eigenvalue weighted by Gasteiger charge is 2.24. The predicted molar refractivity (Wildman–Crippen MR) is 83.5 cm³/mol. The summed E-state index contributed by atoms with van der Waals surface area (Å²) in [6.45, 7) is 5.11. The van der Waals surface area contributed by atoms with Gasteiger partial charge in [0.15, 0.2) is 0 Å². The number of carbonyl (C=O) groups excluding carboxylic acids is 2. The van der Waals surface area contributed by atoms with E-state index in [9.17, 15) is 9.59 Å². The molecule has 0 aliphatic carbocycles. The Morgan fingerprint density at radius 1 is 1.00 bits per heavy atom. The highest BCUT2D eigenvalue weighted by Crippen LogP contribution is 2.17. The minimum atomic E-state index is -0.688. The molecule has 3 nitrogen and oxygen atoms in total. The first kappa shape index (κ1) is 15.0. The van der Waals surface area contributed by atoms with Crippen LogP contribution in [0.15, 0.2) is 48.5 Å². The highest BCUT2D eigenvalue weighted by molar-refractivity contribution is 5.96. The fraction of sp³-hybridized carbons (Fsp3) is 0.222. The van der Waals surface area contributed by atoms with Crippen LogP contribution in [0.4, 0.5) is 0 Å². The number of esters is 2. The van der Waals surface area contributed by atoms with Gasteiger partial charge in [-0.2, -0.15) is 0 Å². The van der Waals surface area contributed by atoms with Crippen molar-refractivity contribution in [3.05, 3.63) is 54.1 Å². The molecule has 0 aliphatic rings. The molecular formula is C18H18O3. The van der Waals surface area contributed by atoms with E-state index < -0.39 is 17.4 Å². The van der Waals surface area contributed by atoms with E-state index in [0.29, 0.717) is 0 Å². The molecule has 2 aromatic rings. The SMILES string of the molecule is CC(C)(C)C(=O)OC(=O)/C=C/c1ccc2ccccc2c1. The second kappa shape index (κ2) is 5.92. The van der Waals surface area contributed by atoms with Crippen LogP contribution in [0.3, 0.4) is 0 Å². The zero-order valence-corrected chi connectivity index (χ0v) is 12.4. The Kier molecular flexibility index (Phi) is 4.22. The van der Waals surface area contributed by atoms with Gasteiger partial charge in [0.05, 0.1) is 5.41 Å². The van der Waals surface area contributed by atoms with Crippen LogP contribution in [0.5, 0.6) is 0 Å². The number of carbonyl (C=O) groups is 2. The van der Waals surface area contributed by atoms with Crippen LogP contribution in [-0.2, 0) is 14.3 Å². The monoisotopic (exact) mass is 282 g/mol. The summed E-state index contributed by atoms with van der Waals surface area (Å²) in [5.74, 6) is -1.18. The molecule has 0 aliphatic heterocycles. The Balaban J connectivity index is 2.09. The molecule has 3 heteroatoms. The molecule has 0 bridgehead atoms. The van der Waals surface area contributed by atoms with Gasteiger partial charge in [0.1, 0.15) is 0 Å². The summed E-state index contributed by atoms with van der Waals surface area (Å²) in [7, 11) is 0. The van der Waals surface area contributed by atoms with Crippen molar-refractivity contribution in [3.8, 4) is 0 Å². The van der Waals surface area contributed by atoms with E-state index in [2.05, 4.69) is 0 Å². The van der Waals surface area contributed by atoms with Crippen LogP contribution in [0.25, 0.3) is 16.8 Å². The lowest BCUT2D eigenvalue weighted by molar-refractivity contribution is -0.162. The Bertz CT molecular complexity index is 706. The Hall–Kier alpha value is -2.42. The van der Waals surface area contributed by atoms with E-state index in [-0.39, 0.29) is 0 Å². The first-order chi connectivity index (χ1) is 9.86. The van der Waals surface area contributed by atoms with Gasteiger partial charge in [-0.3, -0.25) is 4.79 Å². The van der Waals surface area contributed by atoms with Crippen LogP contribution in [0.1, 0.15) is 26.3 Å². The van der Waals surface area contributed by atoms with Crippen molar-refractivity contribution in [2.45, 2.75) is 20.8 Å². The van der Waals surface area contributed by atoms with Crippen molar-refractivity contribution in [3.63, 3.8) is 0 Å². The Morgan fingerprint density at radius 3 is 2.33 bits per heavy atom. The summed E-state index contributed by atoms with van der Waals surface area (Å²) in [5, 5.41) is 2.24. The molecule has 0 amide bonds. The molecule has 108 valence electrons. The maximum atomic E-state index is 11.6. The molecule has 0 atom stereocenters. The number of hydrogen-bond donors (Lipinski definition) is 0. The molecule has 0 spiro atoms. The van der Waals surface area contributed by atoms with Crippen LogP contribution < -0.4 is 0 Å². The molecule has 2 aromatic carbocycles. The van der Waals surface area contributed by atoms with E-state index in [1.165, 1.54) is 6.08 Å². The minimum absolute atomic E-state index is 0.532. The van der Waals surface area contributed by atoms with Crippen molar-refractivity contribution in [1.82, 2.24) is 0 Å². The number of hydrogen-bond acceptors (Lipinski definition) is 3. The van der Waals surface area contributed by atoms with Gasteiger partial charge in [0.2, 0.25) is 0 Å². The average Bonchev–Trinajstić information content (AvgIpc) is 2.44. The van der Waals surface area contributed by atoms with Gasteiger partial charge in [-0.1, -0.05) is 36.4 Å². The standard InChI is InChI=1S/C18H18O3/c1-18(2,3)17(20)21-16(19)11-9-13-8-10-14-6-4-5-7-15(14)12-13/h4-12H,1-3H3/b11-9+. The maximum Gasteiger partial charge on any atom is 0.338 e. The first-order valence-corrected chi connectivity index (χ1v) is 6.79. The smallest absolute Gasteiger partial charge is 0.338 e. The second-order valence-electron chi connectivity index (χ2n) is 5.90. The fourth-order valence-electron chi connectivity index (χ4n) is 1.75. The maximum absolute atomic E-state index is 11.6. The third-order valence-electron chi connectivity index (χ3n) is 2.99. The summed E-state index contributed by atoms with van der Waals surface area (Å²) in [6.07, 6.45) is 2.92. The molecule has 21 heavy (non-hydrogen) atoms. The summed E-state index contributed by atoms with van der Waals surface area (Å²) >= 11 is 0. The predicted octanol–water partition coefficient (Wildman–Crippen LogP) is 3.97. The van der Waals surface area contributed by atoms with E-state index in [4.69, 9.17) is 4.74 Å². The lowest BCUT2D eigenvalue weighted by Crippen LogP contribution is -2.25. The van der Waals surface area contributed by atoms with Gasteiger partial charge in [0.25, 0.3) is 0 Å². The number of fused-ring (bicyclic) bond motifs is 1. The molecule has 0 unspecified atom stereocenters. The van der Waals surface area contributed by atoms with Crippen molar-refractivity contribution >= 4 is 28.8 Å². The van der Waals surface area contributed by atoms with Gasteiger partial charge in [-0.15, -0.1) is 0 Å². The quantitative estimate of drug-likeness (QED) is 0.475.